The number of amides is 2. The first-order valence-corrected chi connectivity index (χ1v) is 8.27. The molecule has 0 spiro atoms. The Labute approximate surface area is 139 Å². The van der Waals surface area contributed by atoms with Gasteiger partial charge in [0.15, 0.2) is 17.5 Å². The van der Waals surface area contributed by atoms with Gasteiger partial charge in [-0.05, 0) is 24.3 Å². The van der Waals surface area contributed by atoms with Crippen LogP contribution in [-0.4, -0.2) is 31.1 Å². The maximum atomic E-state index is 13.6. The molecule has 3 rings (SSSR count). The number of hydrogen-bond donors (Lipinski definition) is 1. The molecule has 2 amide bonds. The van der Waals surface area contributed by atoms with Crippen LogP contribution < -0.4 is 5.32 Å². The monoisotopic (exact) mass is 370 g/mol. The van der Waals surface area contributed by atoms with Crippen LogP contribution in [0.1, 0.15) is 10.4 Å². The van der Waals surface area contributed by atoms with Gasteiger partial charge in [0.05, 0.1) is 11.3 Å². The average molecular weight is 370 g/mol. The van der Waals surface area contributed by atoms with E-state index in [2.05, 4.69) is 0 Å². The Kier molecular flexibility index (Phi) is 3.99. The van der Waals surface area contributed by atoms with Crippen molar-refractivity contribution in [2.24, 2.45) is 0 Å². The molecule has 0 aliphatic carbocycles. The molecule has 1 aliphatic rings. The number of hydrogen-bond acceptors (Lipinski definition) is 4. The van der Waals surface area contributed by atoms with Crippen molar-refractivity contribution in [3.8, 4) is 0 Å². The van der Waals surface area contributed by atoms with Crippen molar-refractivity contribution in [3.63, 3.8) is 0 Å². The quantitative estimate of drug-likeness (QED) is 0.837. The number of rotatable bonds is 3. The summed E-state index contributed by atoms with van der Waals surface area (Å²) in [6, 6.07) is 6.77. The Hall–Kier alpha value is -2.88. The Morgan fingerprint density at radius 2 is 1.72 bits per heavy atom. The maximum Gasteiger partial charge on any atom is 0.269 e. The molecular weight excluding hydrogens is 361 g/mol. The highest BCUT2D eigenvalue weighted by molar-refractivity contribution is 7.90. The Bertz CT molecular complexity index is 1010. The molecule has 1 aliphatic heterocycles. The molecule has 0 fully saturated rings. The van der Waals surface area contributed by atoms with Crippen LogP contribution in [0.15, 0.2) is 41.3 Å². The first-order chi connectivity index (χ1) is 11.7. The van der Waals surface area contributed by atoms with E-state index >= 15 is 0 Å². The molecule has 0 aromatic heterocycles. The highest BCUT2D eigenvalue weighted by atomic mass is 32.2. The van der Waals surface area contributed by atoms with Gasteiger partial charge in [0, 0.05) is 0 Å². The summed E-state index contributed by atoms with van der Waals surface area (Å²) in [5.74, 6) is -6.85. The van der Waals surface area contributed by atoms with Gasteiger partial charge in [-0.3, -0.25) is 9.59 Å². The van der Waals surface area contributed by atoms with Gasteiger partial charge in [-0.1, -0.05) is 12.1 Å². The lowest BCUT2D eigenvalue weighted by Crippen LogP contribution is -2.37. The van der Waals surface area contributed by atoms with Crippen LogP contribution in [0.3, 0.4) is 0 Å². The largest absolute Gasteiger partial charge is 0.322 e. The average Bonchev–Trinajstić information content (AvgIpc) is 2.77. The Balaban J connectivity index is 1.83. The van der Waals surface area contributed by atoms with Crippen molar-refractivity contribution >= 4 is 27.5 Å². The number of nitrogens with zero attached hydrogens (tertiary/aromatic N) is 1. The van der Waals surface area contributed by atoms with Crippen LogP contribution in [0.25, 0.3) is 0 Å². The topological polar surface area (TPSA) is 83.6 Å². The molecular formula is C15H9F3N2O4S. The molecule has 1 heterocycles. The lowest BCUT2D eigenvalue weighted by Gasteiger charge is -2.15. The second-order valence-electron chi connectivity index (χ2n) is 5.08. The highest BCUT2D eigenvalue weighted by Crippen LogP contribution is 2.29. The van der Waals surface area contributed by atoms with Gasteiger partial charge in [0.2, 0.25) is 5.91 Å². The number of halogens is 3. The minimum Gasteiger partial charge on any atom is -0.322 e. The smallest absolute Gasteiger partial charge is 0.269 e. The molecule has 25 heavy (non-hydrogen) atoms. The van der Waals surface area contributed by atoms with E-state index in [0.717, 1.165) is 6.07 Å². The molecule has 0 saturated heterocycles. The van der Waals surface area contributed by atoms with Gasteiger partial charge in [-0.15, -0.1) is 0 Å². The van der Waals surface area contributed by atoms with E-state index in [4.69, 9.17) is 0 Å². The van der Waals surface area contributed by atoms with E-state index in [-0.39, 0.29) is 10.5 Å². The second kappa shape index (κ2) is 5.88. The normalized spacial score (nSPS) is 15.2. The summed E-state index contributed by atoms with van der Waals surface area (Å²) in [5.41, 5.74) is -0.764. The third-order valence-corrected chi connectivity index (χ3v) is 5.30. The standard InChI is InChI=1S/C15H9F3N2O4S/c16-9-5-6-10(14(18)13(9)17)19-12(21)7-20-15(22)8-3-1-2-4-11(8)25(20,23)24/h1-6H,7H2,(H,19,21). The van der Waals surface area contributed by atoms with Crippen molar-refractivity contribution in [1.82, 2.24) is 4.31 Å². The number of carbonyl (C=O) groups excluding carboxylic acids is 2. The van der Waals surface area contributed by atoms with Crippen LogP contribution in [-0.2, 0) is 14.8 Å². The summed E-state index contributed by atoms with van der Waals surface area (Å²) in [6.07, 6.45) is 0. The molecule has 6 nitrogen and oxygen atoms in total. The van der Waals surface area contributed by atoms with E-state index in [0.29, 0.717) is 10.4 Å². The predicted molar refractivity (Wildman–Crippen MR) is 79.6 cm³/mol. The molecule has 2 aromatic carbocycles. The van der Waals surface area contributed by atoms with Crippen molar-refractivity contribution in [2.75, 3.05) is 11.9 Å². The van der Waals surface area contributed by atoms with Crippen molar-refractivity contribution in [3.05, 3.63) is 59.4 Å². The SMILES string of the molecule is O=C(CN1C(=O)c2ccccc2S1(=O)=O)Nc1ccc(F)c(F)c1F. The minimum absolute atomic E-state index is 0.0886. The van der Waals surface area contributed by atoms with Gasteiger partial charge in [0.25, 0.3) is 15.9 Å². The fraction of sp³-hybridized carbons (Fsp3) is 0.0667. The third-order valence-electron chi connectivity index (χ3n) is 3.51. The van der Waals surface area contributed by atoms with Crippen LogP contribution >= 0.6 is 0 Å². The summed E-state index contributed by atoms with van der Waals surface area (Å²) < 4.78 is 64.5. The summed E-state index contributed by atoms with van der Waals surface area (Å²) in [7, 11) is -4.21. The maximum absolute atomic E-state index is 13.6. The Morgan fingerprint density at radius 3 is 2.40 bits per heavy atom. The summed E-state index contributed by atoms with van der Waals surface area (Å²) in [5, 5.41) is 1.91. The first kappa shape index (κ1) is 17.0. The van der Waals surface area contributed by atoms with E-state index in [1.54, 1.807) is 0 Å². The summed E-state index contributed by atoms with van der Waals surface area (Å²) >= 11 is 0. The lowest BCUT2D eigenvalue weighted by atomic mass is 10.2. The zero-order valence-corrected chi connectivity index (χ0v) is 13.1. The number of benzene rings is 2. The van der Waals surface area contributed by atoms with Crippen molar-refractivity contribution in [2.45, 2.75) is 4.90 Å². The number of carbonyl (C=O) groups is 2. The molecule has 10 heteroatoms. The van der Waals surface area contributed by atoms with E-state index in [9.17, 15) is 31.2 Å². The minimum atomic E-state index is -4.21. The van der Waals surface area contributed by atoms with Gasteiger partial charge < -0.3 is 5.32 Å². The number of fused-ring (bicyclic) bond motifs is 1. The zero-order valence-electron chi connectivity index (χ0n) is 12.3. The lowest BCUT2D eigenvalue weighted by molar-refractivity contribution is -0.116. The van der Waals surface area contributed by atoms with E-state index in [1.165, 1.54) is 24.3 Å². The van der Waals surface area contributed by atoms with Crippen LogP contribution in [0.5, 0.6) is 0 Å². The summed E-state index contributed by atoms with van der Waals surface area (Å²) in [4.78, 5) is 23.9. The first-order valence-electron chi connectivity index (χ1n) is 6.83. The molecule has 130 valence electrons. The van der Waals surface area contributed by atoms with Crippen LogP contribution in [0.4, 0.5) is 18.9 Å². The fourth-order valence-corrected chi connectivity index (χ4v) is 3.85. The number of sulfonamides is 1. The van der Waals surface area contributed by atoms with Gasteiger partial charge >= 0.3 is 0 Å². The van der Waals surface area contributed by atoms with Gasteiger partial charge in [0.1, 0.15) is 11.4 Å². The molecule has 0 radical (unpaired) electrons. The third kappa shape index (κ3) is 2.74. The van der Waals surface area contributed by atoms with Crippen LogP contribution in [0, 0.1) is 17.5 Å². The van der Waals surface area contributed by atoms with Crippen LogP contribution in [0.2, 0.25) is 0 Å². The zero-order chi connectivity index (χ0) is 18.4. The molecule has 0 bridgehead atoms. The van der Waals surface area contributed by atoms with E-state index in [1.807, 2.05) is 5.32 Å². The van der Waals surface area contributed by atoms with Crippen molar-refractivity contribution in [1.29, 1.82) is 0 Å². The molecule has 0 saturated carbocycles. The molecule has 1 N–H and O–H groups in total. The highest BCUT2D eigenvalue weighted by Gasteiger charge is 2.41. The molecule has 0 unspecified atom stereocenters. The number of nitrogens with one attached hydrogen (secondary N) is 1. The molecule has 2 aromatic rings. The second-order valence-corrected chi connectivity index (χ2v) is 6.91. The van der Waals surface area contributed by atoms with Gasteiger partial charge in [-0.25, -0.2) is 25.9 Å². The van der Waals surface area contributed by atoms with E-state index < -0.39 is 51.5 Å². The molecule has 0 atom stereocenters. The number of anilines is 1. The predicted octanol–water partition coefficient (Wildman–Crippen LogP) is 1.89. The Morgan fingerprint density at radius 1 is 1.04 bits per heavy atom. The van der Waals surface area contributed by atoms with Gasteiger partial charge in [-0.2, -0.15) is 0 Å². The summed E-state index contributed by atoms with van der Waals surface area (Å²) in [6.45, 7) is -0.936. The van der Waals surface area contributed by atoms with Crippen molar-refractivity contribution < 1.29 is 31.2 Å². The fourth-order valence-electron chi connectivity index (χ4n) is 2.33.